The number of carbonyl (C=O) groups excluding carboxylic acids is 1. The van der Waals surface area contributed by atoms with Crippen LogP contribution >= 0.6 is 27.3 Å². The fourth-order valence-electron chi connectivity index (χ4n) is 1.70. The lowest BCUT2D eigenvalue weighted by atomic mass is 10.2. The van der Waals surface area contributed by atoms with Gasteiger partial charge in [0.2, 0.25) is 0 Å². The number of hydrogen-bond acceptors (Lipinski definition) is 3. The number of carbonyl (C=O) groups is 1. The summed E-state index contributed by atoms with van der Waals surface area (Å²) in [6.45, 7) is 2.00. The molecule has 4 nitrogen and oxygen atoms in total. The van der Waals surface area contributed by atoms with Gasteiger partial charge in [0.25, 0.3) is 5.91 Å². The van der Waals surface area contributed by atoms with Gasteiger partial charge < -0.3 is 5.32 Å². The summed E-state index contributed by atoms with van der Waals surface area (Å²) in [6.07, 6.45) is 3.61. The molecule has 0 radical (unpaired) electrons. The van der Waals surface area contributed by atoms with Gasteiger partial charge in [-0.15, -0.1) is 11.3 Å². The molecule has 6 heteroatoms. The highest BCUT2D eigenvalue weighted by Gasteiger charge is 2.11. The number of nitrogens with one attached hydrogen (secondary N) is 1. The van der Waals surface area contributed by atoms with Crippen molar-refractivity contribution in [1.82, 2.24) is 9.38 Å². The number of nitrogens with zero attached hydrogens (tertiary/aromatic N) is 2. The predicted molar refractivity (Wildman–Crippen MR) is 79.9 cm³/mol. The quantitative estimate of drug-likeness (QED) is 0.775. The third-order valence-electron chi connectivity index (χ3n) is 2.76. The number of aromatic nitrogens is 2. The van der Waals surface area contributed by atoms with Crippen LogP contribution in [0.2, 0.25) is 0 Å². The summed E-state index contributed by atoms with van der Waals surface area (Å²) in [5.74, 6) is -0.202. The molecular formula is C13H10BrN3OS. The molecule has 0 saturated heterocycles. The number of benzene rings is 1. The van der Waals surface area contributed by atoms with Crippen molar-refractivity contribution >= 4 is 43.8 Å². The van der Waals surface area contributed by atoms with E-state index in [0.717, 1.165) is 20.7 Å². The molecule has 2 heterocycles. The number of rotatable bonds is 2. The van der Waals surface area contributed by atoms with Crippen molar-refractivity contribution in [2.45, 2.75) is 6.92 Å². The number of aryl methyl sites for hydroxylation is 1. The summed E-state index contributed by atoms with van der Waals surface area (Å²) < 4.78 is 2.81. The van der Waals surface area contributed by atoms with E-state index < -0.39 is 0 Å². The molecule has 3 rings (SSSR count). The molecule has 0 saturated carbocycles. The predicted octanol–water partition coefficient (Wildman–Crippen LogP) is 3.72. The largest absolute Gasteiger partial charge is 0.321 e. The van der Waals surface area contributed by atoms with Gasteiger partial charge in [0.15, 0.2) is 4.96 Å². The molecule has 1 amide bonds. The van der Waals surface area contributed by atoms with Crippen LogP contribution in [0, 0.1) is 6.92 Å². The molecule has 1 aromatic carbocycles. The Labute approximate surface area is 122 Å². The van der Waals surface area contributed by atoms with Crippen LogP contribution in [-0.4, -0.2) is 15.3 Å². The second-order valence-corrected chi connectivity index (χ2v) is 5.86. The Bertz CT molecular complexity index is 734. The van der Waals surface area contributed by atoms with Gasteiger partial charge >= 0.3 is 0 Å². The Morgan fingerprint density at radius 3 is 3.05 bits per heavy atom. The summed E-state index contributed by atoms with van der Waals surface area (Å²) in [5.41, 5.74) is 2.29. The van der Waals surface area contributed by atoms with Crippen molar-refractivity contribution < 1.29 is 4.79 Å². The van der Waals surface area contributed by atoms with E-state index >= 15 is 0 Å². The van der Waals surface area contributed by atoms with Crippen molar-refractivity contribution in [2.24, 2.45) is 0 Å². The smallest absolute Gasteiger partial charge is 0.275 e. The van der Waals surface area contributed by atoms with Gasteiger partial charge in [0.05, 0.1) is 0 Å². The van der Waals surface area contributed by atoms with Crippen LogP contribution in [0.3, 0.4) is 0 Å². The first-order valence-corrected chi connectivity index (χ1v) is 7.30. The Morgan fingerprint density at radius 1 is 1.47 bits per heavy atom. The molecule has 0 fully saturated rings. The third kappa shape index (κ3) is 2.41. The molecule has 0 bridgehead atoms. The highest BCUT2D eigenvalue weighted by molar-refractivity contribution is 9.10. The van der Waals surface area contributed by atoms with Crippen LogP contribution in [-0.2, 0) is 0 Å². The number of amides is 1. The van der Waals surface area contributed by atoms with Gasteiger partial charge in [-0.25, -0.2) is 4.98 Å². The Hall–Kier alpha value is -1.66. The first kappa shape index (κ1) is 12.4. The van der Waals surface area contributed by atoms with E-state index in [9.17, 15) is 4.79 Å². The lowest BCUT2D eigenvalue weighted by molar-refractivity contribution is 0.102. The van der Waals surface area contributed by atoms with Gasteiger partial charge in [-0.05, 0) is 24.6 Å². The number of imidazole rings is 1. The van der Waals surface area contributed by atoms with Crippen LogP contribution in [0.4, 0.5) is 5.69 Å². The summed E-state index contributed by atoms with van der Waals surface area (Å²) in [6, 6.07) is 5.70. The van der Waals surface area contributed by atoms with E-state index in [4.69, 9.17) is 0 Å². The highest BCUT2D eigenvalue weighted by Crippen LogP contribution is 2.21. The van der Waals surface area contributed by atoms with Gasteiger partial charge in [0, 0.05) is 27.9 Å². The maximum Gasteiger partial charge on any atom is 0.275 e. The van der Waals surface area contributed by atoms with Crippen molar-refractivity contribution in [2.75, 3.05) is 5.32 Å². The third-order valence-corrected chi connectivity index (χ3v) is 4.38. The first-order chi connectivity index (χ1) is 9.13. The normalized spacial score (nSPS) is 10.8. The van der Waals surface area contributed by atoms with E-state index in [0.29, 0.717) is 5.69 Å². The van der Waals surface area contributed by atoms with Crippen molar-refractivity contribution in [3.8, 4) is 0 Å². The average Bonchev–Trinajstić information content (AvgIpc) is 2.94. The summed E-state index contributed by atoms with van der Waals surface area (Å²) in [5, 5.41) is 4.77. The van der Waals surface area contributed by atoms with E-state index in [1.54, 1.807) is 6.20 Å². The van der Waals surface area contributed by atoms with E-state index in [1.165, 1.54) is 11.3 Å². The molecule has 0 unspecified atom stereocenters. The Morgan fingerprint density at radius 2 is 2.32 bits per heavy atom. The standard InChI is InChI=1S/C13H10BrN3OS/c1-8-2-3-9(6-10(8)14)15-12(18)11-7-17-4-5-19-13(17)16-11/h2-7H,1H3,(H,15,18). The number of fused-ring (bicyclic) bond motifs is 1. The minimum absolute atomic E-state index is 0.202. The molecule has 3 aromatic rings. The average molecular weight is 336 g/mol. The second-order valence-electron chi connectivity index (χ2n) is 4.14. The lowest BCUT2D eigenvalue weighted by Gasteiger charge is -2.05. The van der Waals surface area contributed by atoms with Gasteiger partial charge in [-0.1, -0.05) is 22.0 Å². The van der Waals surface area contributed by atoms with E-state index in [-0.39, 0.29) is 5.91 Å². The lowest BCUT2D eigenvalue weighted by Crippen LogP contribution is -2.12. The van der Waals surface area contributed by atoms with Crippen LogP contribution in [0.15, 0.2) is 40.4 Å². The number of hydrogen-bond donors (Lipinski definition) is 1. The van der Waals surface area contributed by atoms with E-state index in [1.807, 2.05) is 41.1 Å². The summed E-state index contributed by atoms with van der Waals surface area (Å²) in [7, 11) is 0. The molecule has 1 N–H and O–H groups in total. The zero-order chi connectivity index (χ0) is 13.4. The summed E-state index contributed by atoms with van der Waals surface area (Å²) in [4.78, 5) is 17.2. The van der Waals surface area contributed by atoms with E-state index in [2.05, 4.69) is 26.2 Å². The maximum atomic E-state index is 12.1. The zero-order valence-corrected chi connectivity index (χ0v) is 12.5. The van der Waals surface area contributed by atoms with Crippen molar-refractivity contribution in [3.05, 3.63) is 51.7 Å². The first-order valence-electron chi connectivity index (χ1n) is 5.63. The molecular weight excluding hydrogens is 326 g/mol. The van der Waals surface area contributed by atoms with Crippen molar-refractivity contribution in [1.29, 1.82) is 0 Å². The van der Waals surface area contributed by atoms with Crippen LogP contribution in [0.1, 0.15) is 16.1 Å². The minimum atomic E-state index is -0.202. The fraction of sp³-hybridized carbons (Fsp3) is 0.0769. The van der Waals surface area contributed by atoms with Gasteiger partial charge in [-0.2, -0.15) is 0 Å². The zero-order valence-electron chi connectivity index (χ0n) is 10.1. The topological polar surface area (TPSA) is 46.4 Å². The monoisotopic (exact) mass is 335 g/mol. The second kappa shape index (κ2) is 4.79. The summed E-state index contributed by atoms with van der Waals surface area (Å²) >= 11 is 4.95. The van der Waals surface area contributed by atoms with Crippen LogP contribution in [0.25, 0.3) is 4.96 Å². The molecule has 19 heavy (non-hydrogen) atoms. The fourth-order valence-corrected chi connectivity index (χ4v) is 2.78. The molecule has 0 aliphatic rings. The molecule has 96 valence electrons. The number of halogens is 1. The van der Waals surface area contributed by atoms with Gasteiger partial charge in [-0.3, -0.25) is 9.20 Å². The Balaban J connectivity index is 1.84. The molecule has 0 aliphatic carbocycles. The molecule has 2 aromatic heterocycles. The number of thiazole rings is 1. The van der Waals surface area contributed by atoms with Crippen LogP contribution in [0.5, 0.6) is 0 Å². The van der Waals surface area contributed by atoms with Crippen molar-refractivity contribution in [3.63, 3.8) is 0 Å². The van der Waals surface area contributed by atoms with Gasteiger partial charge in [0.1, 0.15) is 5.69 Å². The molecule has 0 atom stereocenters. The highest BCUT2D eigenvalue weighted by atomic mass is 79.9. The minimum Gasteiger partial charge on any atom is -0.321 e. The molecule has 0 spiro atoms. The molecule has 0 aliphatic heterocycles. The Kier molecular flexibility index (Phi) is 3.12. The van der Waals surface area contributed by atoms with Crippen LogP contribution < -0.4 is 5.32 Å². The SMILES string of the molecule is Cc1ccc(NC(=O)c2cn3ccsc3n2)cc1Br. The maximum absolute atomic E-state index is 12.1. The number of anilines is 1.